The number of hydrogen-bond acceptors (Lipinski definition) is 3. The van der Waals surface area contributed by atoms with E-state index in [0.717, 1.165) is 22.0 Å². The van der Waals surface area contributed by atoms with Gasteiger partial charge in [-0.2, -0.15) is 0 Å². The molecule has 0 N–H and O–H groups in total. The normalized spacial score (nSPS) is 15.3. The van der Waals surface area contributed by atoms with Gasteiger partial charge in [-0.1, -0.05) is 84.9 Å². The third-order valence-electron chi connectivity index (χ3n) is 5.42. The number of ether oxygens (including phenoxy) is 1. The van der Waals surface area contributed by atoms with Crippen LogP contribution in [0.1, 0.15) is 27.6 Å². The molecular weight excluding hydrogens is 374 g/mol. The highest BCUT2D eigenvalue weighted by Gasteiger charge is 2.40. The minimum absolute atomic E-state index is 0.228. The molecule has 0 radical (unpaired) electrons. The first-order valence-corrected chi connectivity index (χ1v) is 9.85. The van der Waals surface area contributed by atoms with E-state index in [1.165, 1.54) is 0 Å². The minimum atomic E-state index is -0.948. The Balaban J connectivity index is 1.47. The number of esters is 1. The Hall–Kier alpha value is -3.92. The van der Waals surface area contributed by atoms with Gasteiger partial charge in [-0.05, 0) is 28.5 Å². The number of carbonyl (C=O) groups is 2. The van der Waals surface area contributed by atoms with Crippen molar-refractivity contribution in [3.63, 3.8) is 0 Å². The van der Waals surface area contributed by atoms with Crippen LogP contribution in [0.5, 0.6) is 0 Å². The fourth-order valence-electron chi connectivity index (χ4n) is 3.97. The Morgan fingerprint density at radius 3 is 2.37 bits per heavy atom. The first kappa shape index (κ1) is 18.1. The largest absolute Gasteiger partial charge is 0.444 e. The highest BCUT2D eigenvalue weighted by Crippen LogP contribution is 2.39. The lowest BCUT2D eigenvalue weighted by atomic mass is 10.0. The maximum absolute atomic E-state index is 13.2. The minimum Gasteiger partial charge on any atom is -0.444 e. The molecule has 4 nitrogen and oxygen atoms in total. The fraction of sp³-hybridized carbons (Fsp3) is 0.0769. The van der Waals surface area contributed by atoms with Crippen LogP contribution in [-0.2, 0) is 16.1 Å². The average Bonchev–Trinajstić information content (AvgIpc) is 3.05. The van der Waals surface area contributed by atoms with Crippen molar-refractivity contribution in [1.29, 1.82) is 0 Å². The smallest absolute Gasteiger partial charge is 0.339 e. The predicted molar refractivity (Wildman–Crippen MR) is 116 cm³/mol. The van der Waals surface area contributed by atoms with Gasteiger partial charge >= 0.3 is 5.97 Å². The van der Waals surface area contributed by atoms with Gasteiger partial charge in [0.25, 0.3) is 5.91 Å². The quantitative estimate of drug-likeness (QED) is 0.443. The molecule has 1 heterocycles. The molecule has 1 unspecified atom stereocenters. The van der Waals surface area contributed by atoms with Crippen molar-refractivity contribution in [2.75, 3.05) is 4.90 Å². The van der Waals surface area contributed by atoms with Crippen LogP contribution in [0.3, 0.4) is 0 Å². The average molecular weight is 393 g/mol. The summed E-state index contributed by atoms with van der Waals surface area (Å²) in [5.74, 6) is -0.727. The molecule has 146 valence electrons. The molecule has 0 bridgehead atoms. The molecular formula is C26H19NO3. The summed E-state index contributed by atoms with van der Waals surface area (Å²) in [5.41, 5.74) is 2.97. The number of para-hydroxylation sites is 1. The Kier molecular flexibility index (Phi) is 4.52. The number of amides is 1. The summed E-state index contributed by atoms with van der Waals surface area (Å²) in [6, 6.07) is 30.4. The lowest BCUT2D eigenvalue weighted by Crippen LogP contribution is -2.30. The number of anilines is 1. The number of carbonyl (C=O) groups excluding carboxylic acids is 2. The summed E-state index contributed by atoms with van der Waals surface area (Å²) in [6.45, 7) is 0.430. The zero-order valence-corrected chi connectivity index (χ0v) is 16.2. The lowest BCUT2D eigenvalue weighted by molar-refractivity contribution is -0.126. The molecule has 0 aromatic heterocycles. The molecule has 30 heavy (non-hydrogen) atoms. The third-order valence-corrected chi connectivity index (χ3v) is 5.42. The SMILES string of the molecule is O=C(OC1C(=O)N(Cc2ccccc2)c2ccccc21)c1cccc2ccccc12. The molecule has 4 aromatic carbocycles. The maximum atomic E-state index is 13.2. The van der Waals surface area contributed by atoms with Crippen molar-refractivity contribution in [1.82, 2.24) is 0 Å². The number of hydrogen-bond donors (Lipinski definition) is 0. The van der Waals surface area contributed by atoms with Crippen molar-refractivity contribution in [3.8, 4) is 0 Å². The molecule has 1 aliphatic heterocycles. The number of benzene rings is 4. The van der Waals surface area contributed by atoms with Crippen LogP contribution in [0.15, 0.2) is 97.1 Å². The van der Waals surface area contributed by atoms with Gasteiger partial charge in [0, 0.05) is 5.56 Å². The van der Waals surface area contributed by atoms with Gasteiger partial charge in [-0.25, -0.2) is 4.79 Å². The molecule has 5 rings (SSSR count). The van der Waals surface area contributed by atoms with Crippen LogP contribution in [0.2, 0.25) is 0 Å². The zero-order valence-electron chi connectivity index (χ0n) is 16.2. The van der Waals surface area contributed by atoms with Crippen molar-refractivity contribution >= 4 is 28.3 Å². The molecule has 0 saturated heterocycles. The summed E-state index contributed by atoms with van der Waals surface area (Å²) in [6.07, 6.45) is -0.948. The van der Waals surface area contributed by atoms with Crippen LogP contribution >= 0.6 is 0 Å². The summed E-state index contributed by atoms with van der Waals surface area (Å²) in [7, 11) is 0. The van der Waals surface area contributed by atoms with Crippen LogP contribution < -0.4 is 4.90 Å². The van der Waals surface area contributed by atoms with E-state index in [1.54, 1.807) is 11.0 Å². The van der Waals surface area contributed by atoms with Crippen LogP contribution in [0, 0.1) is 0 Å². The summed E-state index contributed by atoms with van der Waals surface area (Å²) < 4.78 is 5.78. The molecule has 1 atom stereocenters. The van der Waals surface area contributed by atoms with E-state index in [4.69, 9.17) is 4.74 Å². The highest BCUT2D eigenvalue weighted by atomic mass is 16.5. The lowest BCUT2D eigenvalue weighted by Gasteiger charge is -2.18. The summed E-state index contributed by atoms with van der Waals surface area (Å²) >= 11 is 0. The van der Waals surface area contributed by atoms with Crippen molar-refractivity contribution in [2.45, 2.75) is 12.6 Å². The first-order chi connectivity index (χ1) is 14.7. The van der Waals surface area contributed by atoms with Crippen LogP contribution in [-0.4, -0.2) is 11.9 Å². The van der Waals surface area contributed by atoms with E-state index in [2.05, 4.69) is 0 Å². The zero-order chi connectivity index (χ0) is 20.5. The molecule has 4 heteroatoms. The molecule has 4 aromatic rings. The molecule has 1 amide bonds. The van der Waals surface area contributed by atoms with Crippen LogP contribution in [0.4, 0.5) is 5.69 Å². The molecule has 0 saturated carbocycles. The topological polar surface area (TPSA) is 46.6 Å². The standard InChI is InChI=1S/C26H19NO3/c28-25-24(30-26(29)21-15-8-12-19-11-4-5-13-20(19)21)22-14-6-7-16-23(22)27(25)17-18-9-2-1-3-10-18/h1-16,24H,17H2. The number of fused-ring (bicyclic) bond motifs is 2. The van der Waals surface area contributed by atoms with Gasteiger partial charge < -0.3 is 9.64 Å². The second kappa shape index (κ2) is 7.48. The van der Waals surface area contributed by atoms with E-state index in [-0.39, 0.29) is 5.91 Å². The molecule has 0 spiro atoms. The second-order valence-electron chi connectivity index (χ2n) is 7.28. The Morgan fingerprint density at radius 1 is 0.800 bits per heavy atom. The van der Waals surface area contributed by atoms with Crippen molar-refractivity contribution in [2.24, 2.45) is 0 Å². The van der Waals surface area contributed by atoms with Crippen molar-refractivity contribution < 1.29 is 14.3 Å². The highest BCUT2D eigenvalue weighted by molar-refractivity contribution is 6.08. The molecule has 0 fully saturated rings. The van der Waals surface area contributed by atoms with Crippen molar-refractivity contribution in [3.05, 3.63) is 114 Å². The monoisotopic (exact) mass is 393 g/mol. The van der Waals surface area contributed by atoms with Crippen LogP contribution in [0.25, 0.3) is 10.8 Å². The Labute approximate surface area is 174 Å². The fourth-order valence-corrected chi connectivity index (χ4v) is 3.97. The molecule has 0 aliphatic carbocycles. The predicted octanol–water partition coefficient (Wildman–Crippen LogP) is 5.28. The second-order valence-corrected chi connectivity index (χ2v) is 7.28. The third kappa shape index (κ3) is 3.12. The number of rotatable bonds is 4. The summed E-state index contributed by atoms with van der Waals surface area (Å²) in [5, 5.41) is 1.76. The summed E-state index contributed by atoms with van der Waals surface area (Å²) in [4.78, 5) is 28.0. The van der Waals surface area contributed by atoms with Gasteiger partial charge in [-0.15, -0.1) is 0 Å². The van der Waals surface area contributed by atoms with E-state index < -0.39 is 12.1 Å². The van der Waals surface area contributed by atoms with Gasteiger partial charge in [0.2, 0.25) is 6.10 Å². The Bertz CT molecular complexity index is 1240. The van der Waals surface area contributed by atoms with Gasteiger partial charge in [-0.3, -0.25) is 4.79 Å². The Morgan fingerprint density at radius 2 is 1.50 bits per heavy atom. The maximum Gasteiger partial charge on any atom is 0.339 e. The first-order valence-electron chi connectivity index (χ1n) is 9.85. The number of nitrogens with zero attached hydrogens (tertiary/aromatic N) is 1. The van der Waals surface area contributed by atoms with E-state index in [1.807, 2.05) is 91.0 Å². The van der Waals surface area contributed by atoms with E-state index in [9.17, 15) is 9.59 Å². The van der Waals surface area contributed by atoms with E-state index in [0.29, 0.717) is 17.7 Å². The van der Waals surface area contributed by atoms with Gasteiger partial charge in [0.1, 0.15) is 0 Å². The molecule has 1 aliphatic rings. The van der Waals surface area contributed by atoms with E-state index >= 15 is 0 Å². The van der Waals surface area contributed by atoms with Gasteiger partial charge in [0.05, 0.1) is 17.8 Å². The van der Waals surface area contributed by atoms with Gasteiger partial charge in [0.15, 0.2) is 0 Å².